The Labute approximate surface area is 113 Å². The minimum absolute atomic E-state index is 0.150. The predicted octanol–water partition coefficient (Wildman–Crippen LogP) is 2.78. The second-order valence-electron chi connectivity index (χ2n) is 4.40. The highest BCUT2D eigenvalue weighted by atomic mass is 15.1. The number of rotatable bonds is 5. The van der Waals surface area contributed by atoms with E-state index in [4.69, 9.17) is 0 Å². The van der Waals surface area contributed by atoms with Crippen LogP contribution in [0.2, 0.25) is 0 Å². The summed E-state index contributed by atoms with van der Waals surface area (Å²) < 4.78 is 0. The third-order valence-electron chi connectivity index (χ3n) is 2.74. The molecular formula is C14H19N5. The molecule has 0 saturated carbocycles. The van der Waals surface area contributed by atoms with Gasteiger partial charge in [-0.15, -0.1) is 0 Å². The van der Waals surface area contributed by atoms with Crippen molar-refractivity contribution < 1.29 is 0 Å². The molecule has 2 aromatic rings. The molecule has 0 radical (unpaired) electrons. The third kappa shape index (κ3) is 3.64. The molecule has 2 aromatic heterocycles. The Morgan fingerprint density at radius 1 is 1.32 bits per heavy atom. The predicted molar refractivity (Wildman–Crippen MR) is 77.2 cm³/mol. The van der Waals surface area contributed by atoms with Gasteiger partial charge in [0, 0.05) is 30.7 Å². The van der Waals surface area contributed by atoms with E-state index < -0.39 is 0 Å². The zero-order valence-corrected chi connectivity index (χ0v) is 11.5. The summed E-state index contributed by atoms with van der Waals surface area (Å²) in [4.78, 5) is 12.9. The highest BCUT2D eigenvalue weighted by molar-refractivity contribution is 5.43. The Balaban J connectivity index is 2.14. The first-order valence-corrected chi connectivity index (χ1v) is 6.45. The summed E-state index contributed by atoms with van der Waals surface area (Å²) in [5.41, 5.74) is 2.07. The lowest BCUT2D eigenvalue weighted by atomic mass is 10.1. The second kappa shape index (κ2) is 6.13. The molecule has 0 amide bonds. The van der Waals surface area contributed by atoms with Crippen molar-refractivity contribution in [3.05, 3.63) is 41.9 Å². The Kier molecular flexibility index (Phi) is 4.28. The second-order valence-corrected chi connectivity index (χ2v) is 4.40. The van der Waals surface area contributed by atoms with Crippen LogP contribution in [0.15, 0.2) is 30.6 Å². The first-order valence-electron chi connectivity index (χ1n) is 6.45. The van der Waals surface area contributed by atoms with Crippen LogP contribution in [0.1, 0.15) is 31.1 Å². The summed E-state index contributed by atoms with van der Waals surface area (Å²) in [6.07, 6.45) is 3.63. The van der Waals surface area contributed by atoms with Crippen molar-refractivity contribution >= 4 is 11.8 Å². The van der Waals surface area contributed by atoms with Crippen LogP contribution in [0.5, 0.6) is 0 Å². The van der Waals surface area contributed by atoms with Gasteiger partial charge in [0.05, 0.1) is 6.04 Å². The van der Waals surface area contributed by atoms with Crippen LogP contribution in [0.3, 0.4) is 0 Å². The maximum absolute atomic E-state index is 4.44. The van der Waals surface area contributed by atoms with Crippen LogP contribution >= 0.6 is 0 Å². The summed E-state index contributed by atoms with van der Waals surface area (Å²) in [7, 11) is 0. The number of nitrogens with zero attached hydrogens (tertiary/aromatic N) is 3. The normalized spacial score (nSPS) is 11.9. The molecule has 0 aliphatic carbocycles. The quantitative estimate of drug-likeness (QED) is 0.862. The highest BCUT2D eigenvalue weighted by Gasteiger charge is 2.07. The monoisotopic (exact) mass is 257 g/mol. The molecule has 19 heavy (non-hydrogen) atoms. The van der Waals surface area contributed by atoms with Crippen molar-refractivity contribution in [1.29, 1.82) is 0 Å². The van der Waals surface area contributed by atoms with Gasteiger partial charge in [-0.25, -0.2) is 4.98 Å². The molecule has 0 aliphatic heterocycles. The Bertz CT molecular complexity index is 527. The molecule has 5 heteroatoms. The fourth-order valence-corrected chi connectivity index (χ4v) is 1.82. The van der Waals surface area contributed by atoms with Crippen LogP contribution in [-0.4, -0.2) is 21.5 Å². The van der Waals surface area contributed by atoms with E-state index >= 15 is 0 Å². The third-order valence-corrected chi connectivity index (χ3v) is 2.74. The molecule has 0 spiro atoms. The van der Waals surface area contributed by atoms with Gasteiger partial charge in [-0.2, -0.15) is 4.98 Å². The number of pyridine rings is 1. The van der Waals surface area contributed by atoms with Gasteiger partial charge in [-0.3, -0.25) is 4.98 Å². The Hall–Kier alpha value is -2.17. The van der Waals surface area contributed by atoms with Crippen molar-refractivity contribution in [2.75, 3.05) is 17.2 Å². The molecule has 0 bridgehead atoms. The average molecular weight is 257 g/mol. The fraction of sp³-hybridized carbons (Fsp3) is 0.357. The van der Waals surface area contributed by atoms with Gasteiger partial charge < -0.3 is 10.6 Å². The van der Waals surface area contributed by atoms with Crippen molar-refractivity contribution in [3.63, 3.8) is 0 Å². The fourth-order valence-electron chi connectivity index (χ4n) is 1.82. The van der Waals surface area contributed by atoms with E-state index in [0.717, 1.165) is 23.6 Å². The largest absolute Gasteiger partial charge is 0.363 e. The number of nitrogens with one attached hydrogen (secondary N) is 2. The van der Waals surface area contributed by atoms with E-state index in [9.17, 15) is 0 Å². The summed E-state index contributed by atoms with van der Waals surface area (Å²) in [6.45, 7) is 6.88. The van der Waals surface area contributed by atoms with Crippen molar-refractivity contribution in [1.82, 2.24) is 15.0 Å². The van der Waals surface area contributed by atoms with E-state index in [1.807, 2.05) is 38.2 Å². The summed E-state index contributed by atoms with van der Waals surface area (Å²) >= 11 is 0. The maximum Gasteiger partial charge on any atom is 0.224 e. The Morgan fingerprint density at radius 3 is 2.84 bits per heavy atom. The van der Waals surface area contributed by atoms with Crippen molar-refractivity contribution in [2.45, 2.75) is 26.8 Å². The van der Waals surface area contributed by atoms with E-state index in [1.165, 1.54) is 0 Å². The number of hydrogen-bond donors (Lipinski definition) is 2. The zero-order valence-electron chi connectivity index (χ0n) is 11.5. The SMILES string of the molecule is CCNc1nc(C)cc(NC(C)c2cccnc2)n1. The molecule has 5 nitrogen and oxygen atoms in total. The van der Waals surface area contributed by atoms with Crippen LogP contribution in [-0.2, 0) is 0 Å². The molecule has 2 rings (SSSR count). The standard InChI is InChI=1S/C14H19N5/c1-4-16-14-17-10(2)8-13(19-14)18-11(3)12-6-5-7-15-9-12/h5-9,11H,4H2,1-3H3,(H2,16,17,18,19). The number of aryl methyl sites for hydroxylation is 1. The average Bonchev–Trinajstić information content (AvgIpc) is 2.39. The van der Waals surface area contributed by atoms with Crippen molar-refractivity contribution in [2.24, 2.45) is 0 Å². The van der Waals surface area contributed by atoms with Crippen molar-refractivity contribution in [3.8, 4) is 0 Å². The van der Waals surface area contributed by atoms with Gasteiger partial charge >= 0.3 is 0 Å². The zero-order chi connectivity index (χ0) is 13.7. The van der Waals surface area contributed by atoms with E-state index in [-0.39, 0.29) is 6.04 Å². The van der Waals surface area contributed by atoms with Gasteiger partial charge in [0.1, 0.15) is 5.82 Å². The minimum Gasteiger partial charge on any atom is -0.363 e. The van der Waals surface area contributed by atoms with Gasteiger partial charge in [0.15, 0.2) is 0 Å². The lowest BCUT2D eigenvalue weighted by Gasteiger charge is -2.15. The van der Waals surface area contributed by atoms with Gasteiger partial charge in [-0.1, -0.05) is 6.07 Å². The minimum atomic E-state index is 0.150. The number of hydrogen-bond acceptors (Lipinski definition) is 5. The molecule has 1 unspecified atom stereocenters. The van der Waals surface area contributed by atoms with E-state index in [0.29, 0.717) is 5.95 Å². The molecule has 0 saturated heterocycles. The van der Waals surface area contributed by atoms with Gasteiger partial charge in [0.2, 0.25) is 5.95 Å². The molecule has 2 N–H and O–H groups in total. The van der Waals surface area contributed by atoms with Crippen LogP contribution in [0.25, 0.3) is 0 Å². The summed E-state index contributed by atoms with van der Waals surface area (Å²) in [5.74, 6) is 1.48. The maximum atomic E-state index is 4.44. The summed E-state index contributed by atoms with van der Waals surface area (Å²) in [6, 6.07) is 6.07. The van der Waals surface area contributed by atoms with Gasteiger partial charge in [-0.05, 0) is 32.4 Å². The molecule has 2 heterocycles. The topological polar surface area (TPSA) is 62.7 Å². The van der Waals surface area contributed by atoms with Gasteiger partial charge in [0.25, 0.3) is 0 Å². The molecule has 0 aromatic carbocycles. The first kappa shape index (κ1) is 13.3. The Morgan fingerprint density at radius 2 is 2.16 bits per heavy atom. The lowest BCUT2D eigenvalue weighted by molar-refractivity contribution is 0.862. The molecular weight excluding hydrogens is 238 g/mol. The smallest absolute Gasteiger partial charge is 0.224 e. The first-order chi connectivity index (χ1) is 9.19. The van der Waals surface area contributed by atoms with Crippen LogP contribution in [0, 0.1) is 6.92 Å². The number of aromatic nitrogens is 3. The molecule has 0 aliphatic rings. The van der Waals surface area contributed by atoms with Crippen LogP contribution < -0.4 is 10.6 Å². The molecule has 1 atom stereocenters. The highest BCUT2D eigenvalue weighted by Crippen LogP contribution is 2.18. The van der Waals surface area contributed by atoms with E-state index in [2.05, 4.69) is 32.5 Å². The summed E-state index contributed by atoms with van der Waals surface area (Å²) in [5, 5.41) is 6.49. The van der Waals surface area contributed by atoms with Crippen LogP contribution in [0.4, 0.5) is 11.8 Å². The lowest BCUT2D eigenvalue weighted by Crippen LogP contribution is -2.11. The number of anilines is 2. The molecule has 100 valence electrons. The molecule has 0 fully saturated rings. The van der Waals surface area contributed by atoms with E-state index in [1.54, 1.807) is 6.20 Å².